The van der Waals surface area contributed by atoms with E-state index in [0.717, 1.165) is 11.4 Å². The predicted molar refractivity (Wildman–Crippen MR) is 75.4 cm³/mol. The lowest BCUT2D eigenvalue weighted by Crippen LogP contribution is -2.51. The Balaban J connectivity index is 2.41. The maximum Gasteiger partial charge on any atom is 0.0159 e. The average molecular weight is 291 g/mol. The maximum absolute atomic E-state index is 3.55. The van der Waals surface area contributed by atoms with Gasteiger partial charge in [-0.15, -0.1) is 0 Å². The van der Waals surface area contributed by atoms with Crippen molar-refractivity contribution >= 4 is 15.9 Å². The van der Waals surface area contributed by atoms with Crippen LogP contribution >= 0.6 is 15.9 Å². The summed E-state index contributed by atoms with van der Waals surface area (Å²) in [6, 6.07) is 0.807. The van der Waals surface area contributed by atoms with Crippen LogP contribution in [0.4, 0.5) is 0 Å². The monoisotopic (exact) mass is 290 g/mol. The molecule has 1 saturated heterocycles. The molecule has 0 amide bonds. The van der Waals surface area contributed by atoms with Gasteiger partial charge in [-0.05, 0) is 40.2 Å². The zero-order valence-corrected chi connectivity index (χ0v) is 12.9. The minimum atomic E-state index is 0.345. The van der Waals surface area contributed by atoms with Crippen molar-refractivity contribution in [3.8, 4) is 0 Å². The highest BCUT2D eigenvalue weighted by Gasteiger charge is 2.28. The Bertz CT molecular complexity index is 193. The molecule has 0 radical (unpaired) electrons. The van der Waals surface area contributed by atoms with Gasteiger partial charge in [0.05, 0.1) is 0 Å². The van der Waals surface area contributed by atoms with Gasteiger partial charge < -0.3 is 0 Å². The minimum Gasteiger partial charge on any atom is -0.300 e. The van der Waals surface area contributed by atoms with Gasteiger partial charge in [0.1, 0.15) is 0 Å². The van der Waals surface area contributed by atoms with Crippen molar-refractivity contribution in [3.05, 3.63) is 0 Å². The van der Waals surface area contributed by atoms with Gasteiger partial charge in [-0.3, -0.25) is 9.80 Å². The van der Waals surface area contributed by atoms with Crippen LogP contribution in [0.5, 0.6) is 0 Å². The summed E-state index contributed by atoms with van der Waals surface area (Å²) in [5, 5.41) is 1.10. The summed E-state index contributed by atoms with van der Waals surface area (Å²) < 4.78 is 0. The second-order valence-electron chi connectivity index (χ2n) is 5.71. The predicted octanol–water partition coefficient (Wildman–Crippen LogP) is 2.97. The van der Waals surface area contributed by atoms with Gasteiger partial charge in [-0.25, -0.2) is 0 Å². The molecule has 0 spiro atoms. The van der Waals surface area contributed by atoms with E-state index in [4.69, 9.17) is 0 Å². The van der Waals surface area contributed by atoms with Crippen molar-refractivity contribution in [2.75, 3.05) is 31.5 Å². The molecule has 1 heterocycles. The normalized spacial score (nSPS) is 20.6. The zero-order valence-electron chi connectivity index (χ0n) is 11.3. The lowest BCUT2D eigenvalue weighted by Gasteiger charge is -2.43. The molecule has 2 nitrogen and oxygen atoms in total. The first-order valence-electron chi connectivity index (χ1n) is 6.54. The van der Waals surface area contributed by atoms with E-state index >= 15 is 0 Å². The first-order valence-corrected chi connectivity index (χ1v) is 7.66. The Morgan fingerprint density at radius 1 is 1.25 bits per heavy atom. The number of alkyl halides is 1. The molecule has 16 heavy (non-hydrogen) atoms. The van der Waals surface area contributed by atoms with Gasteiger partial charge in [-0.1, -0.05) is 22.9 Å². The van der Waals surface area contributed by atoms with E-state index in [9.17, 15) is 0 Å². The van der Waals surface area contributed by atoms with E-state index in [0.29, 0.717) is 5.54 Å². The van der Waals surface area contributed by atoms with Crippen LogP contribution in [0.15, 0.2) is 0 Å². The highest BCUT2D eigenvalue weighted by atomic mass is 79.9. The molecule has 0 aromatic heterocycles. The average Bonchev–Trinajstić information content (AvgIpc) is 2.25. The van der Waals surface area contributed by atoms with Crippen molar-refractivity contribution in [1.29, 1.82) is 0 Å². The van der Waals surface area contributed by atoms with Crippen LogP contribution in [0.3, 0.4) is 0 Å². The number of hydrogen-bond acceptors (Lipinski definition) is 2. The van der Waals surface area contributed by atoms with Gasteiger partial charge >= 0.3 is 0 Å². The van der Waals surface area contributed by atoms with Crippen molar-refractivity contribution in [1.82, 2.24) is 9.80 Å². The van der Waals surface area contributed by atoms with Crippen LogP contribution < -0.4 is 0 Å². The topological polar surface area (TPSA) is 6.48 Å². The maximum atomic E-state index is 3.55. The minimum absolute atomic E-state index is 0.345. The summed E-state index contributed by atoms with van der Waals surface area (Å²) in [6.45, 7) is 14.1. The molecule has 1 aliphatic rings. The van der Waals surface area contributed by atoms with E-state index in [2.05, 4.69) is 53.4 Å². The Labute approximate surface area is 109 Å². The molecular formula is C13H27BrN2. The van der Waals surface area contributed by atoms with Crippen LogP contribution in [0, 0.1) is 0 Å². The highest BCUT2D eigenvalue weighted by Crippen LogP contribution is 2.22. The first-order chi connectivity index (χ1) is 7.49. The van der Waals surface area contributed by atoms with Crippen molar-refractivity contribution in [2.24, 2.45) is 0 Å². The number of piperidine rings is 1. The Morgan fingerprint density at radius 3 is 2.19 bits per heavy atom. The molecule has 0 atom stereocenters. The van der Waals surface area contributed by atoms with Crippen LogP contribution in [0.2, 0.25) is 0 Å². The molecule has 0 aromatic carbocycles. The number of likely N-dealkylation sites (tertiary alicyclic amines) is 1. The number of hydrogen-bond donors (Lipinski definition) is 0. The summed E-state index contributed by atoms with van der Waals surface area (Å²) in [7, 11) is 0. The number of halogens is 1. The number of nitrogens with zero attached hydrogens (tertiary/aromatic N) is 2. The van der Waals surface area contributed by atoms with E-state index in [1.807, 2.05) is 0 Å². The summed E-state index contributed by atoms with van der Waals surface area (Å²) >= 11 is 3.55. The van der Waals surface area contributed by atoms with Crippen LogP contribution in [-0.4, -0.2) is 52.9 Å². The largest absolute Gasteiger partial charge is 0.300 e. The Kier molecular flexibility index (Phi) is 5.75. The van der Waals surface area contributed by atoms with Crippen molar-refractivity contribution in [2.45, 2.75) is 52.1 Å². The van der Waals surface area contributed by atoms with Crippen LogP contribution in [0.25, 0.3) is 0 Å². The first kappa shape index (κ1) is 14.5. The molecule has 0 saturated carbocycles. The van der Waals surface area contributed by atoms with Gasteiger partial charge in [0.15, 0.2) is 0 Å². The van der Waals surface area contributed by atoms with Gasteiger partial charge in [0.25, 0.3) is 0 Å². The molecule has 0 aliphatic carbocycles. The third kappa shape index (κ3) is 4.01. The van der Waals surface area contributed by atoms with E-state index < -0.39 is 0 Å². The quantitative estimate of drug-likeness (QED) is 0.735. The van der Waals surface area contributed by atoms with Crippen LogP contribution in [-0.2, 0) is 0 Å². The van der Waals surface area contributed by atoms with Gasteiger partial charge in [0.2, 0.25) is 0 Å². The molecule has 1 rings (SSSR count). The molecule has 0 aromatic rings. The molecule has 0 N–H and O–H groups in total. The second-order valence-corrected chi connectivity index (χ2v) is 6.50. The van der Waals surface area contributed by atoms with Gasteiger partial charge in [0, 0.05) is 36.5 Å². The SMILES string of the molecule is CCN(CCBr)C1CCN(C(C)(C)C)CC1. The van der Waals surface area contributed by atoms with Crippen molar-refractivity contribution < 1.29 is 0 Å². The molecular weight excluding hydrogens is 264 g/mol. The van der Waals surface area contributed by atoms with E-state index in [1.165, 1.54) is 39.0 Å². The molecule has 0 bridgehead atoms. The second kappa shape index (κ2) is 6.36. The Hall–Kier alpha value is 0.400. The lowest BCUT2D eigenvalue weighted by molar-refractivity contribution is 0.0607. The highest BCUT2D eigenvalue weighted by molar-refractivity contribution is 9.09. The van der Waals surface area contributed by atoms with E-state index in [1.54, 1.807) is 0 Å². The van der Waals surface area contributed by atoms with E-state index in [-0.39, 0.29) is 0 Å². The molecule has 3 heteroatoms. The fourth-order valence-electron chi connectivity index (χ4n) is 2.61. The third-order valence-corrected chi connectivity index (χ3v) is 4.06. The lowest BCUT2D eigenvalue weighted by atomic mass is 9.97. The third-order valence-electron chi connectivity index (χ3n) is 3.71. The Morgan fingerprint density at radius 2 is 1.81 bits per heavy atom. The summed E-state index contributed by atoms with van der Waals surface area (Å²) in [5.74, 6) is 0. The fraction of sp³-hybridized carbons (Fsp3) is 1.00. The zero-order chi connectivity index (χ0) is 12.2. The standard InChI is InChI=1S/C13H27BrN2/c1-5-15(11-8-14)12-6-9-16(10-7-12)13(2,3)4/h12H,5-11H2,1-4H3. The summed E-state index contributed by atoms with van der Waals surface area (Å²) in [5.41, 5.74) is 0.345. The molecule has 1 fully saturated rings. The summed E-state index contributed by atoms with van der Waals surface area (Å²) in [6.07, 6.45) is 2.66. The smallest absolute Gasteiger partial charge is 0.0159 e. The fourth-order valence-corrected chi connectivity index (χ4v) is 3.06. The number of rotatable bonds is 4. The van der Waals surface area contributed by atoms with Crippen LogP contribution in [0.1, 0.15) is 40.5 Å². The van der Waals surface area contributed by atoms with Crippen molar-refractivity contribution in [3.63, 3.8) is 0 Å². The molecule has 1 aliphatic heterocycles. The molecule has 0 unspecified atom stereocenters. The van der Waals surface area contributed by atoms with Gasteiger partial charge in [-0.2, -0.15) is 0 Å². The molecule has 96 valence electrons. The summed E-state index contributed by atoms with van der Waals surface area (Å²) in [4.78, 5) is 5.24.